The molecule has 2 N–H and O–H groups in total. The monoisotopic (exact) mass is 436 g/mol. The van der Waals surface area contributed by atoms with Gasteiger partial charge in [-0.15, -0.1) is 0 Å². The first-order chi connectivity index (χ1) is 15.1. The summed E-state index contributed by atoms with van der Waals surface area (Å²) in [5.74, 6) is 1.85. The van der Waals surface area contributed by atoms with Crippen molar-refractivity contribution in [1.29, 1.82) is 0 Å². The van der Waals surface area contributed by atoms with Crippen molar-refractivity contribution in [3.8, 4) is 17.2 Å². The molecule has 0 unspecified atom stereocenters. The minimum Gasteiger partial charge on any atom is -0.494 e. The van der Waals surface area contributed by atoms with E-state index in [1.54, 1.807) is 24.3 Å². The molecule has 0 aromatic heterocycles. The number of ether oxygens (including phenoxy) is 3. The summed E-state index contributed by atoms with van der Waals surface area (Å²) in [6.07, 6.45) is 0. The molecule has 0 aliphatic rings. The summed E-state index contributed by atoms with van der Waals surface area (Å²) in [4.78, 5) is 12.4. The fourth-order valence-corrected chi connectivity index (χ4v) is 2.91. The van der Waals surface area contributed by atoms with Crippen molar-refractivity contribution >= 4 is 28.9 Å². The average molecular weight is 437 g/mol. The summed E-state index contributed by atoms with van der Waals surface area (Å²) in [6, 6.07) is 23.8. The van der Waals surface area contributed by atoms with E-state index < -0.39 is 0 Å². The summed E-state index contributed by atoms with van der Waals surface area (Å²) >= 11 is 5.24. The summed E-state index contributed by atoms with van der Waals surface area (Å²) in [5.41, 5.74) is 1.21. The lowest BCUT2D eigenvalue weighted by atomic mass is 10.2. The Hall–Kier alpha value is -3.58. The fraction of sp³-hybridized carbons (Fsp3) is 0.167. The van der Waals surface area contributed by atoms with E-state index in [1.165, 1.54) is 0 Å². The van der Waals surface area contributed by atoms with Crippen molar-refractivity contribution < 1.29 is 19.0 Å². The lowest BCUT2D eigenvalue weighted by molar-refractivity contribution is 0.0977. The van der Waals surface area contributed by atoms with Crippen LogP contribution in [0.5, 0.6) is 17.2 Å². The molecule has 0 bridgehead atoms. The number of amides is 1. The molecule has 3 aromatic carbocycles. The lowest BCUT2D eigenvalue weighted by Gasteiger charge is -2.12. The summed E-state index contributed by atoms with van der Waals surface area (Å²) in [7, 11) is 0. The molecule has 7 heteroatoms. The van der Waals surface area contributed by atoms with Gasteiger partial charge < -0.3 is 19.5 Å². The van der Waals surface area contributed by atoms with E-state index in [0.29, 0.717) is 36.9 Å². The molecular formula is C24H24N2O4S. The fourth-order valence-electron chi connectivity index (χ4n) is 2.70. The number of rotatable bonds is 9. The predicted octanol–water partition coefficient (Wildman–Crippen LogP) is 4.67. The first-order valence-corrected chi connectivity index (χ1v) is 10.3. The molecule has 1 amide bonds. The number of hydrogen-bond donors (Lipinski definition) is 2. The van der Waals surface area contributed by atoms with Crippen LogP contribution in [0.4, 0.5) is 5.69 Å². The van der Waals surface area contributed by atoms with Crippen LogP contribution in [0.25, 0.3) is 0 Å². The molecule has 0 heterocycles. The van der Waals surface area contributed by atoms with Crippen LogP contribution in [0, 0.1) is 0 Å². The minimum absolute atomic E-state index is 0.205. The largest absolute Gasteiger partial charge is 0.494 e. The van der Waals surface area contributed by atoms with Gasteiger partial charge in [0.2, 0.25) is 0 Å². The number of carbonyl (C=O) groups is 1. The second-order valence-corrected chi connectivity index (χ2v) is 6.81. The van der Waals surface area contributed by atoms with Gasteiger partial charge in [0.05, 0.1) is 6.61 Å². The van der Waals surface area contributed by atoms with Gasteiger partial charge in [-0.25, -0.2) is 0 Å². The van der Waals surface area contributed by atoms with Crippen molar-refractivity contribution in [3.63, 3.8) is 0 Å². The highest BCUT2D eigenvalue weighted by Gasteiger charge is 2.09. The SMILES string of the molecule is CCOc1cccc(C(=O)NC(=S)Nc2ccc(OCCOc3ccccc3)cc2)c1. The molecule has 0 fully saturated rings. The number of nitrogens with one attached hydrogen (secondary N) is 2. The third-order valence-corrected chi connectivity index (χ3v) is 4.31. The first-order valence-electron chi connectivity index (χ1n) is 9.90. The van der Waals surface area contributed by atoms with Crippen LogP contribution in [-0.4, -0.2) is 30.8 Å². The molecule has 6 nitrogen and oxygen atoms in total. The Kier molecular flexibility index (Phi) is 8.25. The van der Waals surface area contributed by atoms with Crippen LogP contribution < -0.4 is 24.8 Å². The van der Waals surface area contributed by atoms with Crippen molar-refractivity contribution in [2.24, 2.45) is 0 Å². The highest BCUT2D eigenvalue weighted by Crippen LogP contribution is 2.16. The number of hydrogen-bond acceptors (Lipinski definition) is 5. The molecule has 3 aromatic rings. The summed E-state index contributed by atoms with van der Waals surface area (Å²) in [6.45, 7) is 3.30. The van der Waals surface area contributed by atoms with E-state index >= 15 is 0 Å². The summed E-state index contributed by atoms with van der Waals surface area (Å²) in [5, 5.41) is 5.86. The van der Waals surface area contributed by atoms with Crippen LogP contribution in [0.15, 0.2) is 78.9 Å². The smallest absolute Gasteiger partial charge is 0.257 e. The minimum atomic E-state index is -0.308. The van der Waals surface area contributed by atoms with Crippen molar-refractivity contribution in [2.45, 2.75) is 6.92 Å². The van der Waals surface area contributed by atoms with Crippen molar-refractivity contribution in [1.82, 2.24) is 5.32 Å². The van der Waals surface area contributed by atoms with E-state index in [0.717, 1.165) is 11.4 Å². The molecule has 0 radical (unpaired) electrons. The quantitative estimate of drug-likeness (QED) is 0.375. The molecule has 160 valence electrons. The zero-order valence-electron chi connectivity index (χ0n) is 17.2. The topological polar surface area (TPSA) is 68.8 Å². The van der Waals surface area contributed by atoms with Crippen LogP contribution in [0.3, 0.4) is 0 Å². The van der Waals surface area contributed by atoms with Gasteiger partial charge in [0.15, 0.2) is 5.11 Å². The zero-order chi connectivity index (χ0) is 21.9. The van der Waals surface area contributed by atoms with Crippen LogP contribution in [0.1, 0.15) is 17.3 Å². The standard InChI is InChI=1S/C24H24N2O4S/c1-2-28-22-10-6-7-18(17-22)23(27)26-24(31)25-19-11-13-21(14-12-19)30-16-15-29-20-8-4-3-5-9-20/h3-14,17H,2,15-16H2,1H3,(H2,25,26,27,31). The number of benzene rings is 3. The third kappa shape index (κ3) is 7.31. The number of carbonyl (C=O) groups excluding carboxylic acids is 1. The summed E-state index contributed by atoms with van der Waals surface area (Å²) < 4.78 is 16.7. The Bertz CT molecular complexity index is 994. The molecule has 0 aliphatic heterocycles. The Balaban J connectivity index is 1.43. The molecule has 0 saturated carbocycles. The molecule has 0 saturated heterocycles. The van der Waals surface area contributed by atoms with Gasteiger partial charge in [0.25, 0.3) is 5.91 Å². The zero-order valence-corrected chi connectivity index (χ0v) is 18.0. The highest BCUT2D eigenvalue weighted by atomic mass is 32.1. The third-order valence-electron chi connectivity index (χ3n) is 4.11. The normalized spacial score (nSPS) is 10.1. The Morgan fingerprint density at radius 3 is 2.13 bits per heavy atom. The molecular weight excluding hydrogens is 412 g/mol. The lowest BCUT2D eigenvalue weighted by Crippen LogP contribution is -2.34. The maximum absolute atomic E-state index is 12.4. The van der Waals surface area contributed by atoms with Gasteiger partial charge in [0, 0.05) is 11.3 Å². The second-order valence-electron chi connectivity index (χ2n) is 6.40. The van der Waals surface area contributed by atoms with Crippen LogP contribution in [0.2, 0.25) is 0 Å². The Morgan fingerprint density at radius 2 is 1.45 bits per heavy atom. The Labute approximate surface area is 187 Å². The predicted molar refractivity (Wildman–Crippen MR) is 125 cm³/mol. The van der Waals surface area contributed by atoms with Crippen molar-refractivity contribution in [2.75, 3.05) is 25.1 Å². The van der Waals surface area contributed by atoms with E-state index in [-0.39, 0.29) is 11.0 Å². The van der Waals surface area contributed by atoms with Crippen LogP contribution in [-0.2, 0) is 0 Å². The van der Waals surface area contributed by atoms with Gasteiger partial charge in [-0.05, 0) is 73.7 Å². The molecule has 31 heavy (non-hydrogen) atoms. The Morgan fingerprint density at radius 1 is 0.806 bits per heavy atom. The van der Waals surface area contributed by atoms with Crippen molar-refractivity contribution in [3.05, 3.63) is 84.4 Å². The molecule has 0 atom stereocenters. The van der Waals surface area contributed by atoms with Gasteiger partial charge in [0.1, 0.15) is 30.5 Å². The number of anilines is 1. The van der Waals surface area contributed by atoms with Crippen LogP contribution >= 0.6 is 12.2 Å². The first kappa shape index (κ1) is 22.1. The van der Waals surface area contributed by atoms with Gasteiger partial charge >= 0.3 is 0 Å². The maximum Gasteiger partial charge on any atom is 0.257 e. The van der Waals surface area contributed by atoms with E-state index in [9.17, 15) is 4.79 Å². The van der Waals surface area contributed by atoms with Gasteiger partial charge in [-0.3, -0.25) is 10.1 Å². The molecule has 0 aliphatic carbocycles. The van der Waals surface area contributed by atoms with Gasteiger partial charge in [-0.1, -0.05) is 24.3 Å². The van der Waals surface area contributed by atoms with E-state index in [4.69, 9.17) is 26.4 Å². The van der Waals surface area contributed by atoms with E-state index in [2.05, 4.69) is 10.6 Å². The highest BCUT2D eigenvalue weighted by molar-refractivity contribution is 7.80. The molecule has 0 spiro atoms. The molecule has 3 rings (SSSR count). The van der Waals surface area contributed by atoms with Gasteiger partial charge in [-0.2, -0.15) is 0 Å². The second kappa shape index (κ2) is 11.6. The number of para-hydroxylation sites is 1. The average Bonchev–Trinajstić information content (AvgIpc) is 2.79. The van der Waals surface area contributed by atoms with E-state index in [1.807, 2.05) is 61.5 Å². The number of thiocarbonyl (C=S) groups is 1. The maximum atomic E-state index is 12.4.